The number of benzene rings is 1. The molecule has 0 fully saturated rings. The molecule has 0 spiro atoms. The highest BCUT2D eigenvalue weighted by Gasteiger charge is 2.30. The van der Waals surface area contributed by atoms with Gasteiger partial charge in [-0.05, 0) is 30.5 Å². The summed E-state index contributed by atoms with van der Waals surface area (Å²) in [5.41, 5.74) is -0.0744. The Kier molecular flexibility index (Phi) is 3.86. The maximum absolute atomic E-state index is 12.8. The van der Waals surface area contributed by atoms with Crippen LogP contribution in [0, 0.1) is 11.7 Å². The van der Waals surface area contributed by atoms with Gasteiger partial charge in [-0.2, -0.15) is 0 Å². The molecule has 0 aliphatic carbocycles. The summed E-state index contributed by atoms with van der Waals surface area (Å²) in [7, 11) is 0. The third kappa shape index (κ3) is 2.57. The molecule has 84 valence electrons. The zero-order valence-electron chi connectivity index (χ0n) is 9.63. The first-order valence-electron chi connectivity index (χ1n) is 5.50. The number of hydrogen-bond acceptors (Lipinski definition) is 1. The first-order chi connectivity index (χ1) is 7.02. The number of aliphatic hydroxyl groups is 1. The van der Waals surface area contributed by atoms with E-state index < -0.39 is 5.60 Å². The Morgan fingerprint density at radius 2 is 1.67 bits per heavy atom. The monoisotopic (exact) mass is 210 g/mol. The van der Waals surface area contributed by atoms with E-state index in [0.29, 0.717) is 0 Å². The second kappa shape index (κ2) is 4.75. The largest absolute Gasteiger partial charge is 0.385 e. The molecule has 0 aliphatic rings. The summed E-state index contributed by atoms with van der Waals surface area (Å²) in [4.78, 5) is 0. The SMILES string of the molecule is CCC(CC)C(C)(O)c1ccc(F)cc1. The second-order valence-electron chi connectivity index (χ2n) is 4.17. The van der Waals surface area contributed by atoms with Crippen LogP contribution in [0.15, 0.2) is 24.3 Å². The fourth-order valence-electron chi connectivity index (χ4n) is 2.11. The van der Waals surface area contributed by atoms with Gasteiger partial charge in [-0.15, -0.1) is 0 Å². The lowest BCUT2D eigenvalue weighted by Crippen LogP contribution is -2.31. The van der Waals surface area contributed by atoms with E-state index in [1.165, 1.54) is 12.1 Å². The molecular formula is C13H19FO. The van der Waals surface area contributed by atoms with Gasteiger partial charge in [0, 0.05) is 0 Å². The minimum Gasteiger partial charge on any atom is -0.385 e. The van der Waals surface area contributed by atoms with Crippen LogP contribution >= 0.6 is 0 Å². The smallest absolute Gasteiger partial charge is 0.123 e. The molecule has 1 aromatic carbocycles. The van der Waals surface area contributed by atoms with Gasteiger partial charge < -0.3 is 5.11 Å². The molecular weight excluding hydrogens is 191 g/mol. The topological polar surface area (TPSA) is 20.2 Å². The summed E-state index contributed by atoms with van der Waals surface area (Å²) in [5.74, 6) is -0.0536. The van der Waals surface area contributed by atoms with Crippen molar-refractivity contribution < 1.29 is 9.50 Å². The predicted octanol–water partition coefficient (Wildman–Crippen LogP) is 3.47. The highest BCUT2D eigenvalue weighted by Crippen LogP contribution is 2.33. The molecule has 1 N–H and O–H groups in total. The van der Waals surface area contributed by atoms with Gasteiger partial charge in [0.05, 0.1) is 5.60 Å². The lowest BCUT2D eigenvalue weighted by molar-refractivity contribution is -0.00954. The molecule has 1 unspecified atom stereocenters. The van der Waals surface area contributed by atoms with Crippen molar-refractivity contribution >= 4 is 0 Å². The van der Waals surface area contributed by atoms with E-state index in [9.17, 15) is 9.50 Å². The van der Waals surface area contributed by atoms with Crippen molar-refractivity contribution in [1.29, 1.82) is 0 Å². The quantitative estimate of drug-likeness (QED) is 0.806. The third-order valence-electron chi connectivity index (χ3n) is 3.21. The highest BCUT2D eigenvalue weighted by atomic mass is 19.1. The van der Waals surface area contributed by atoms with Crippen molar-refractivity contribution in [2.24, 2.45) is 5.92 Å². The van der Waals surface area contributed by atoms with Crippen LogP contribution in [0.3, 0.4) is 0 Å². The molecule has 0 aromatic heterocycles. The maximum atomic E-state index is 12.8. The summed E-state index contributed by atoms with van der Waals surface area (Å²) in [6.45, 7) is 5.93. The van der Waals surface area contributed by atoms with Crippen molar-refractivity contribution in [3.63, 3.8) is 0 Å². The Morgan fingerprint density at radius 1 is 1.20 bits per heavy atom. The number of hydrogen-bond donors (Lipinski definition) is 1. The Morgan fingerprint density at radius 3 is 2.07 bits per heavy atom. The highest BCUT2D eigenvalue weighted by molar-refractivity contribution is 5.23. The second-order valence-corrected chi connectivity index (χ2v) is 4.17. The van der Waals surface area contributed by atoms with Gasteiger partial charge in [-0.25, -0.2) is 4.39 Å². The molecule has 15 heavy (non-hydrogen) atoms. The minimum atomic E-state index is -0.864. The van der Waals surface area contributed by atoms with Gasteiger partial charge in [0.2, 0.25) is 0 Å². The molecule has 0 bridgehead atoms. The Bertz CT molecular complexity index is 299. The van der Waals surface area contributed by atoms with Crippen molar-refractivity contribution in [2.45, 2.75) is 39.2 Å². The fourth-order valence-corrected chi connectivity index (χ4v) is 2.11. The average Bonchev–Trinajstić information content (AvgIpc) is 2.19. The van der Waals surface area contributed by atoms with Crippen LogP contribution in [0.5, 0.6) is 0 Å². The van der Waals surface area contributed by atoms with Gasteiger partial charge in [-0.3, -0.25) is 0 Å². The minimum absolute atomic E-state index is 0.211. The molecule has 1 atom stereocenters. The first-order valence-corrected chi connectivity index (χ1v) is 5.50. The maximum Gasteiger partial charge on any atom is 0.123 e. The van der Waals surface area contributed by atoms with Gasteiger partial charge in [0.15, 0.2) is 0 Å². The average molecular weight is 210 g/mol. The van der Waals surface area contributed by atoms with Crippen LogP contribution in [-0.4, -0.2) is 5.11 Å². The summed E-state index contributed by atoms with van der Waals surface area (Å²) in [6.07, 6.45) is 1.84. The molecule has 1 rings (SSSR count). The van der Waals surface area contributed by atoms with E-state index in [0.717, 1.165) is 18.4 Å². The Hall–Kier alpha value is -0.890. The standard InChI is InChI=1S/C13H19FO/c1-4-10(5-2)13(3,15)11-6-8-12(14)9-7-11/h6-10,15H,4-5H2,1-3H3. The molecule has 0 aliphatic heterocycles. The first kappa shape index (κ1) is 12.2. The van der Waals surface area contributed by atoms with Crippen LogP contribution in [0.25, 0.3) is 0 Å². The van der Waals surface area contributed by atoms with Gasteiger partial charge >= 0.3 is 0 Å². The number of rotatable bonds is 4. The lowest BCUT2D eigenvalue weighted by atomic mass is 9.80. The van der Waals surface area contributed by atoms with Crippen LogP contribution in [0.2, 0.25) is 0 Å². The van der Waals surface area contributed by atoms with E-state index >= 15 is 0 Å². The van der Waals surface area contributed by atoms with E-state index in [2.05, 4.69) is 13.8 Å². The van der Waals surface area contributed by atoms with E-state index in [-0.39, 0.29) is 11.7 Å². The summed E-state index contributed by atoms with van der Waals surface area (Å²) < 4.78 is 12.8. The molecule has 1 aromatic rings. The normalized spacial score (nSPS) is 15.3. The van der Waals surface area contributed by atoms with Crippen molar-refractivity contribution in [2.75, 3.05) is 0 Å². The van der Waals surface area contributed by atoms with E-state index in [1.54, 1.807) is 19.1 Å². The van der Waals surface area contributed by atoms with Crippen molar-refractivity contribution in [3.05, 3.63) is 35.6 Å². The summed E-state index contributed by atoms with van der Waals surface area (Å²) >= 11 is 0. The Labute approximate surface area is 90.9 Å². The zero-order chi connectivity index (χ0) is 11.5. The zero-order valence-corrected chi connectivity index (χ0v) is 9.63. The number of halogens is 1. The molecule has 0 radical (unpaired) electrons. The van der Waals surface area contributed by atoms with Crippen molar-refractivity contribution in [3.8, 4) is 0 Å². The Balaban J connectivity index is 2.98. The predicted molar refractivity (Wildman–Crippen MR) is 60.0 cm³/mol. The third-order valence-corrected chi connectivity index (χ3v) is 3.21. The summed E-state index contributed by atoms with van der Waals surface area (Å²) in [5, 5.41) is 10.4. The molecule has 0 amide bonds. The van der Waals surface area contributed by atoms with E-state index in [4.69, 9.17) is 0 Å². The van der Waals surface area contributed by atoms with Gasteiger partial charge in [0.1, 0.15) is 5.82 Å². The van der Waals surface area contributed by atoms with E-state index in [1.807, 2.05) is 0 Å². The van der Waals surface area contributed by atoms with Gasteiger partial charge in [-0.1, -0.05) is 38.8 Å². The van der Waals surface area contributed by atoms with Crippen LogP contribution in [0.1, 0.15) is 39.2 Å². The lowest BCUT2D eigenvalue weighted by Gasteiger charge is -2.32. The van der Waals surface area contributed by atoms with Gasteiger partial charge in [0.25, 0.3) is 0 Å². The molecule has 1 nitrogen and oxygen atoms in total. The molecule has 0 saturated carbocycles. The molecule has 0 saturated heterocycles. The van der Waals surface area contributed by atoms with Crippen LogP contribution < -0.4 is 0 Å². The molecule has 0 heterocycles. The van der Waals surface area contributed by atoms with Crippen LogP contribution in [-0.2, 0) is 5.60 Å². The fraction of sp³-hybridized carbons (Fsp3) is 0.538. The van der Waals surface area contributed by atoms with Crippen LogP contribution in [0.4, 0.5) is 4.39 Å². The molecule has 2 heteroatoms. The summed E-state index contributed by atoms with van der Waals surface area (Å²) in [6, 6.07) is 6.11. The van der Waals surface area contributed by atoms with Crippen molar-refractivity contribution in [1.82, 2.24) is 0 Å².